The molecular weight excluding hydrogens is 1020 g/mol. The SMILES string of the molecule is CCCCCCCCCCCCCCCCCC[Si](C)(C)OCC(COC(=O)C(Cl)Cl)(COC(=O)C(Cl)Cl)NC(=O)CCCCC[P+](c1ccccc1)(c1ccccc1)c1ccccc1.[Br-]. The van der Waals surface area contributed by atoms with E-state index in [0.717, 1.165) is 37.9 Å². The number of amides is 1. The van der Waals surface area contributed by atoms with Crippen LogP contribution in [0, 0.1) is 0 Å². The smallest absolute Gasteiger partial charge is 0.339 e. The largest absolute Gasteiger partial charge is 1.00 e. The number of hydrogen-bond acceptors (Lipinski definition) is 6. The number of halogens is 5. The van der Waals surface area contributed by atoms with Gasteiger partial charge in [-0.2, -0.15) is 0 Å². The Morgan fingerprint density at radius 1 is 0.545 bits per heavy atom. The van der Waals surface area contributed by atoms with Crippen LogP contribution in [-0.2, 0) is 28.3 Å². The third-order valence-electron chi connectivity index (χ3n) is 12.1. The van der Waals surface area contributed by atoms with Crippen LogP contribution in [0.2, 0.25) is 19.1 Å². The molecule has 7 nitrogen and oxygen atoms in total. The molecule has 0 unspecified atom stereocenters. The molecule has 0 saturated heterocycles. The molecule has 0 aromatic heterocycles. The van der Waals surface area contributed by atoms with Gasteiger partial charge in [0.25, 0.3) is 0 Å². The van der Waals surface area contributed by atoms with Gasteiger partial charge in [0, 0.05) is 6.42 Å². The number of benzene rings is 3. The molecule has 0 spiro atoms. The summed E-state index contributed by atoms with van der Waals surface area (Å²) in [5.74, 6) is -2.08. The highest BCUT2D eigenvalue weighted by atomic mass is 79.9. The molecule has 3 rings (SSSR count). The maximum Gasteiger partial charge on any atom is 0.339 e. The Labute approximate surface area is 430 Å². The first-order chi connectivity index (χ1) is 31.3. The van der Waals surface area contributed by atoms with Crippen molar-refractivity contribution in [2.75, 3.05) is 26.0 Å². The summed E-state index contributed by atoms with van der Waals surface area (Å²) in [5.41, 5.74) is -1.44. The molecular formula is C52H77BrCl4NO6PSi. The van der Waals surface area contributed by atoms with Gasteiger partial charge < -0.3 is 36.2 Å². The second kappa shape index (κ2) is 34.6. The lowest BCUT2D eigenvalue weighted by atomic mass is 10.0. The van der Waals surface area contributed by atoms with Gasteiger partial charge in [-0.1, -0.05) is 211 Å². The summed E-state index contributed by atoms with van der Waals surface area (Å²) in [7, 11) is -4.31. The first-order valence-electron chi connectivity index (χ1n) is 24.2. The lowest BCUT2D eigenvalue weighted by molar-refractivity contribution is -0.152. The van der Waals surface area contributed by atoms with Gasteiger partial charge in [0.2, 0.25) is 15.6 Å². The van der Waals surface area contributed by atoms with Crippen molar-refractivity contribution in [1.82, 2.24) is 5.32 Å². The maximum absolute atomic E-state index is 13.9. The first kappa shape index (κ1) is 60.4. The van der Waals surface area contributed by atoms with E-state index in [4.69, 9.17) is 60.3 Å². The van der Waals surface area contributed by atoms with Crippen LogP contribution >= 0.6 is 53.7 Å². The molecule has 14 heteroatoms. The van der Waals surface area contributed by atoms with Crippen LogP contribution in [0.25, 0.3) is 0 Å². The van der Waals surface area contributed by atoms with E-state index >= 15 is 0 Å². The van der Waals surface area contributed by atoms with Gasteiger partial charge in [-0.05, 0) is 74.8 Å². The van der Waals surface area contributed by atoms with Crippen molar-refractivity contribution in [3.8, 4) is 0 Å². The Morgan fingerprint density at radius 2 is 0.909 bits per heavy atom. The quantitative estimate of drug-likeness (QED) is 0.0205. The lowest BCUT2D eigenvalue weighted by Crippen LogP contribution is -3.00. The van der Waals surface area contributed by atoms with Crippen LogP contribution in [0.3, 0.4) is 0 Å². The summed E-state index contributed by atoms with van der Waals surface area (Å²) in [6, 6.07) is 33.1. The molecule has 3 aromatic rings. The molecule has 1 amide bonds. The van der Waals surface area contributed by atoms with E-state index in [2.05, 4.69) is 116 Å². The van der Waals surface area contributed by atoms with E-state index in [9.17, 15) is 14.4 Å². The van der Waals surface area contributed by atoms with E-state index in [1.807, 2.05) is 0 Å². The minimum atomic E-state index is -2.30. The van der Waals surface area contributed by atoms with Gasteiger partial charge in [-0.3, -0.25) is 4.79 Å². The van der Waals surface area contributed by atoms with Gasteiger partial charge >= 0.3 is 11.9 Å². The molecule has 0 aliphatic rings. The third kappa shape index (κ3) is 23.3. The molecule has 66 heavy (non-hydrogen) atoms. The summed E-state index contributed by atoms with van der Waals surface area (Å²) in [4.78, 5) is 36.1. The Morgan fingerprint density at radius 3 is 1.29 bits per heavy atom. The zero-order chi connectivity index (χ0) is 47.2. The van der Waals surface area contributed by atoms with Crippen molar-refractivity contribution in [1.29, 1.82) is 0 Å². The average Bonchev–Trinajstić information content (AvgIpc) is 3.31. The number of carbonyl (C=O) groups is 3. The topological polar surface area (TPSA) is 90.9 Å². The highest BCUT2D eigenvalue weighted by Crippen LogP contribution is 2.56. The fourth-order valence-electron chi connectivity index (χ4n) is 8.33. The predicted molar refractivity (Wildman–Crippen MR) is 280 cm³/mol. The van der Waals surface area contributed by atoms with E-state index in [0.29, 0.717) is 6.42 Å². The number of unbranched alkanes of at least 4 members (excludes halogenated alkanes) is 17. The Hall–Kier alpha value is -1.68. The van der Waals surface area contributed by atoms with Crippen molar-refractivity contribution in [3.05, 3.63) is 91.0 Å². The lowest BCUT2D eigenvalue weighted by Gasteiger charge is -2.36. The second-order valence-electron chi connectivity index (χ2n) is 18.1. The standard InChI is InChI=1S/C52H76Cl4NO6PSi.BrH/c1-4-5-6-7-8-9-10-11-12-13-14-15-16-17-18-31-40-65(2,3)63-43-52(41-61-50(59)48(53)54,42-62-51(60)49(55)56)57-47(58)38-29-22-30-39-64(44-32-23-19-24-33-44,45-34-25-20-26-35-45)46-36-27-21-28-37-46;/h19-21,23-28,32-37,48-49H,4-18,22,29-31,38-43H2,1-3H3;1H. The number of ether oxygens (including phenoxy) is 2. The number of hydrogen-bond donors (Lipinski definition) is 1. The van der Waals surface area contributed by atoms with E-state index < -0.39 is 55.9 Å². The minimum absolute atomic E-state index is 0. The van der Waals surface area contributed by atoms with Crippen LogP contribution in [0.1, 0.15) is 135 Å². The van der Waals surface area contributed by atoms with Crippen LogP contribution in [0.4, 0.5) is 0 Å². The molecule has 0 fully saturated rings. The van der Waals surface area contributed by atoms with Crippen molar-refractivity contribution in [2.24, 2.45) is 0 Å². The average molecular weight is 1090 g/mol. The molecule has 3 aromatic carbocycles. The van der Waals surface area contributed by atoms with Crippen molar-refractivity contribution < 1.29 is 45.3 Å². The zero-order valence-corrected chi connectivity index (χ0v) is 46.3. The van der Waals surface area contributed by atoms with Crippen LogP contribution in [0.5, 0.6) is 0 Å². The Balaban J connectivity index is 0.0000150. The number of alkyl halides is 4. The minimum Gasteiger partial charge on any atom is -1.00 e. The highest BCUT2D eigenvalue weighted by Gasteiger charge is 2.45. The van der Waals surface area contributed by atoms with E-state index in [-0.39, 0.29) is 35.9 Å². The molecule has 0 heterocycles. The zero-order valence-electron chi connectivity index (χ0n) is 39.8. The van der Waals surface area contributed by atoms with E-state index in [1.165, 1.54) is 106 Å². The van der Waals surface area contributed by atoms with Gasteiger partial charge in [0.15, 0.2) is 8.32 Å². The number of esters is 2. The van der Waals surface area contributed by atoms with Crippen molar-refractivity contribution in [3.63, 3.8) is 0 Å². The van der Waals surface area contributed by atoms with Gasteiger partial charge in [0.05, 0.1) is 12.8 Å². The van der Waals surface area contributed by atoms with Gasteiger partial charge in [0.1, 0.15) is 41.9 Å². The summed E-state index contributed by atoms with van der Waals surface area (Å²) in [6.45, 7) is 5.68. The summed E-state index contributed by atoms with van der Waals surface area (Å²) in [5, 5.41) is 6.99. The molecule has 0 atom stereocenters. The second-order valence-corrected chi connectivity index (χ2v) is 28.2. The summed E-state index contributed by atoms with van der Waals surface area (Å²) >= 11 is 23.4. The number of nitrogens with one attached hydrogen (secondary N) is 1. The number of rotatable bonds is 36. The van der Waals surface area contributed by atoms with Gasteiger partial charge in [-0.15, -0.1) is 0 Å². The van der Waals surface area contributed by atoms with Crippen molar-refractivity contribution >= 4 is 95.7 Å². The molecule has 370 valence electrons. The molecule has 0 aliphatic heterocycles. The molecule has 0 bridgehead atoms. The predicted octanol–water partition coefficient (Wildman–Crippen LogP) is 10.6. The molecule has 0 aliphatic carbocycles. The fraction of sp³-hybridized carbons (Fsp3) is 0.596. The Bertz CT molecular complexity index is 1630. The van der Waals surface area contributed by atoms with Crippen LogP contribution in [0.15, 0.2) is 91.0 Å². The fourth-order valence-corrected chi connectivity index (χ4v) is 14.9. The molecule has 1 N–H and O–H groups in total. The van der Waals surface area contributed by atoms with Crippen LogP contribution in [-0.4, -0.2) is 67.4 Å². The van der Waals surface area contributed by atoms with E-state index in [1.54, 1.807) is 0 Å². The number of carbonyl (C=O) groups excluding carboxylic acids is 3. The maximum atomic E-state index is 13.9. The van der Waals surface area contributed by atoms with Crippen molar-refractivity contribution in [2.45, 2.75) is 170 Å². The summed E-state index contributed by atoms with van der Waals surface area (Å²) < 4.78 is 17.6. The Kier molecular flexibility index (Phi) is 31.7. The van der Waals surface area contributed by atoms with Crippen LogP contribution < -0.4 is 38.2 Å². The molecule has 0 saturated carbocycles. The summed E-state index contributed by atoms with van der Waals surface area (Å²) in [6.07, 6.45) is 24.3. The third-order valence-corrected chi connectivity index (χ3v) is 19.8. The normalized spacial score (nSPS) is 12.0. The first-order valence-corrected chi connectivity index (χ1v) is 31.1. The highest BCUT2D eigenvalue weighted by molar-refractivity contribution is 7.95. The van der Waals surface area contributed by atoms with Gasteiger partial charge in [-0.25, -0.2) is 9.59 Å². The monoisotopic (exact) mass is 1090 g/mol. The molecule has 0 radical (unpaired) electrons.